The standard InChI is InChI=1S/C13H20ClN3/c1-2-3-4-5-9-15-13-16-11-8-6-7-10(11)12(14)17-13/h2-9H2,1H3,(H,15,16,17). The lowest BCUT2D eigenvalue weighted by Crippen LogP contribution is -2.07. The summed E-state index contributed by atoms with van der Waals surface area (Å²) < 4.78 is 0. The maximum atomic E-state index is 6.15. The van der Waals surface area contributed by atoms with Crippen molar-refractivity contribution < 1.29 is 0 Å². The Morgan fingerprint density at radius 3 is 2.88 bits per heavy atom. The second kappa shape index (κ2) is 6.20. The fraction of sp³-hybridized carbons (Fsp3) is 0.692. The van der Waals surface area contributed by atoms with Crippen molar-refractivity contribution in [3.05, 3.63) is 16.4 Å². The predicted octanol–water partition coefficient (Wildman–Crippen LogP) is 3.61. The Balaban J connectivity index is 1.87. The summed E-state index contributed by atoms with van der Waals surface area (Å²) in [5, 5.41) is 3.91. The van der Waals surface area contributed by atoms with Gasteiger partial charge in [-0.25, -0.2) is 9.97 Å². The second-order valence-corrected chi connectivity index (χ2v) is 4.96. The first-order valence-corrected chi connectivity index (χ1v) is 6.98. The number of nitrogens with zero attached hydrogens (tertiary/aromatic N) is 2. The lowest BCUT2D eigenvalue weighted by Gasteiger charge is -2.07. The molecular formula is C13H20ClN3. The molecule has 0 saturated heterocycles. The molecular weight excluding hydrogens is 234 g/mol. The van der Waals surface area contributed by atoms with Crippen molar-refractivity contribution in [3.8, 4) is 0 Å². The predicted molar refractivity (Wildman–Crippen MR) is 71.7 cm³/mol. The van der Waals surface area contributed by atoms with Gasteiger partial charge in [-0.15, -0.1) is 0 Å². The Morgan fingerprint density at radius 2 is 2.06 bits per heavy atom. The fourth-order valence-corrected chi connectivity index (χ4v) is 2.50. The van der Waals surface area contributed by atoms with Gasteiger partial charge >= 0.3 is 0 Å². The number of aryl methyl sites for hydroxylation is 1. The molecule has 0 spiro atoms. The van der Waals surface area contributed by atoms with Gasteiger partial charge in [-0.1, -0.05) is 37.8 Å². The summed E-state index contributed by atoms with van der Waals surface area (Å²) in [5.74, 6) is 0.701. The molecule has 0 fully saturated rings. The van der Waals surface area contributed by atoms with Gasteiger partial charge < -0.3 is 5.32 Å². The first-order chi connectivity index (χ1) is 8.31. The van der Waals surface area contributed by atoms with Gasteiger partial charge in [0.2, 0.25) is 5.95 Å². The molecule has 1 aromatic heterocycles. The SMILES string of the molecule is CCCCCCNc1nc(Cl)c2c(n1)CCC2. The van der Waals surface area contributed by atoms with E-state index in [0.717, 1.165) is 37.1 Å². The zero-order valence-electron chi connectivity index (χ0n) is 10.4. The van der Waals surface area contributed by atoms with Gasteiger partial charge in [0.15, 0.2) is 0 Å². The first-order valence-electron chi connectivity index (χ1n) is 6.60. The molecule has 0 aromatic carbocycles. The van der Waals surface area contributed by atoms with E-state index in [-0.39, 0.29) is 0 Å². The van der Waals surface area contributed by atoms with Gasteiger partial charge in [-0.3, -0.25) is 0 Å². The summed E-state index contributed by atoms with van der Waals surface area (Å²) in [5.41, 5.74) is 2.30. The highest BCUT2D eigenvalue weighted by atomic mass is 35.5. The molecule has 0 saturated carbocycles. The molecule has 0 aliphatic heterocycles. The average molecular weight is 254 g/mol. The third-order valence-corrected chi connectivity index (χ3v) is 3.51. The van der Waals surface area contributed by atoms with Crippen LogP contribution in [-0.2, 0) is 12.8 Å². The summed E-state index contributed by atoms with van der Waals surface area (Å²) in [6.45, 7) is 3.16. The van der Waals surface area contributed by atoms with E-state index in [4.69, 9.17) is 11.6 Å². The first kappa shape index (κ1) is 12.6. The third kappa shape index (κ3) is 3.32. The minimum absolute atomic E-state index is 0.642. The van der Waals surface area contributed by atoms with E-state index in [0.29, 0.717) is 11.1 Å². The fourth-order valence-electron chi connectivity index (χ4n) is 2.22. The van der Waals surface area contributed by atoms with Crippen molar-refractivity contribution in [3.63, 3.8) is 0 Å². The summed E-state index contributed by atoms with van der Waals surface area (Å²) in [7, 11) is 0. The van der Waals surface area contributed by atoms with Crippen molar-refractivity contribution in [1.29, 1.82) is 0 Å². The number of aromatic nitrogens is 2. The van der Waals surface area contributed by atoms with Gasteiger partial charge in [-0.2, -0.15) is 0 Å². The van der Waals surface area contributed by atoms with Crippen LogP contribution in [-0.4, -0.2) is 16.5 Å². The lowest BCUT2D eigenvalue weighted by atomic mass is 10.2. The van der Waals surface area contributed by atoms with E-state index < -0.39 is 0 Å². The normalized spacial score (nSPS) is 13.8. The Hall–Kier alpha value is -0.830. The summed E-state index contributed by atoms with van der Waals surface area (Å²) in [6.07, 6.45) is 8.24. The molecule has 1 aliphatic carbocycles. The minimum atomic E-state index is 0.642. The van der Waals surface area contributed by atoms with Crippen LogP contribution in [0.25, 0.3) is 0 Å². The zero-order valence-corrected chi connectivity index (χ0v) is 11.2. The van der Waals surface area contributed by atoms with Gasteiger partial charge in [0.25, 0.3) is 0 Å². The number of nitrogens with one attached hydrogen (secondary N) is 1. The van der Waals surface area contributed by atoms with Gasteiger partial charge in [0.05, 0.1) is 5.69 Å². The largest absolute Gasteiger partial charge is 0.354 e. The van der Waals surface area contributed by atoms with Crippen molar-refractivity contribution in [1.82, 2.24) is 9.97 Å². The van der Waals surface area contributed by atoms with Crippen LogP contribution in [0.1, 0.15) is 50.3 Å². The molecule has 1 N–H and O–H groups in total. The van der Waals surface area contributed by atoms with Crippen LogP contribution in [0.15, 0.2) is 0 Å². The van der Waals surface area contributed by atoms with E-state index in [1.807, 2.05) is 0 Å². The van der Waals surface area contributed by atoms with E-state index in [9.17, 15) is 0 Å². The maximum Gasteiger partial charge on any atom is 0.224 e. The second-order valence-electron chi connectivity index (χ2n) is 4.60. The molecule has 2 rings (SSSR count). The molecule has 1 heterocycles. The molecule has 17 heavy (non-hydrogen) atoms. The molecule has 3 nitrogen and oxygen atoms in total. The van der Waals surface area contributed by atoms with E-state index in [1.54, 1.807) is 0 Å². The molecule has 1 aliphatic rings. The van der Waals surface area contributed by atoms with Crippen LogP contribution < -0.4 is 5.32 Å². The van der Waals surface area contributed by atoms with E-state index in [2.05, 4.69) is 22.2 Å². The average Bonchev–Trinajstić information content (AvgIpc) is 2.77. The topological polar surface area (TPSA) is 37.8 Å². The smallest absolute Gasteiger partial charge is 0.224 e. The van der Waals surface area contributed by atoms with Crippen LogP contribution >= 0.6 is 11.6 Å². The van der Waals surface area contributed by atoms with Gasteiger partial charge in [0, 0.05) is 12.1 Å². The van der Waals surface area contributed by atoms with Crippen LogP contribution in [0.3, 0.4) is 0 Å². The van der Waals surface area contributed by atoms with E-state index in [1.165, 1.54) is 25.7 Å². The Morgan fingerprint density at radius 1 is 1.18 bits per heavy atom. The highest BCUT2D eigenvalue weighted by Crippen LogP contribution is 2.26. The number of unbranched alkanes of at least 4 members (excludes halogenated alkanes) is 3. The number of hydrogen-bond donors (Lipinski definition) is 1. The maximum absolute atomic E-state index is 6.15. The third-order valence-electron chi connectivity index (χ3n) is 3.20. The minimum Gasteiger partial charge on any atom is -0.354 e. The van der Waals surface area contributed by atoms with Crippen LogP contribution in [0, 0.1) is 0 Å². The molecule has 1 aromatic rings. The lowest BCUT2D eigenvalue weighted by molar-refractivity contribution is 0.683. The number of halogens is 1. The summed E-state index contributed by atoms with van der Waals surface area (Å²) in [6, 6.07) is 0. The molecule has 0 atom stereocenters. The zero-order chi connectivity index (χ0) is 12.1. The van der Waals surface area contributed by atoms with E-state index >= 15 is 0 Å². The molecule has 94 valence electrons. The summed E-state index contributed by atoms with van der Waals surface area (Å²) in [4.78, 5) is 8.83. The molecule has 0 amide bonds. The number of hydrogen-bond acceptors (Lipinski definition) is 3. The van der Waals surface area contributed by atoms with Crippen molar-refractivity contribution >= 4 is 17.5 Å². The highest BCUT2D eigenvalue weighted by molar-refractivity contribution is 6.30. The number of fused-ring (bicyclic) bond motifs is 1. The van der Waals surface area contributed by atoms with Crippen molar-refractivity contribution in [2.24, 2.45) is 0 Å². The van der Waals surface area contributed by atoms with Crippen LogP contribution in [0.4, 0.5) is 5.95 Å². The van der Waals surface area contributed by atoms with Gasteiger partial charge in [-0.05, 0) is 25.7 Å². The number of anilines is 1. The molecule has 0 radical (unpaired) electrons. The van der Waals surface area contributed by atoms with Crippen molar-refractivity contribution in [2.75, 3.05) is 11.9 Å². The quantitative estimate of drug-likeness (QED) is 0.622. The Bertz CT molecular complexity index is 379. The monoisotopic (exact) mass is 253 g/mol. The molecule has 0 bridgehead atoms. The summed E-state index contributed by atoms with van der Waals surface area (Å²) >= 11 is 6.15. The highest BCUT2D eigenvalue weighted by Gasteiger charge is 2.17. The number of rotatable bonds is 6. The van der Waals surface area contributed by atoms with Crippen LogP contribution in [0.5, 0.6) is 0 Å². The van der Waals surface area contributed by atoms with Crippen molar-refractivity contribution in [2.45, 2.75) is 51.9 Å². The molecule has 0 unspecified atom stereocenters. The Labute approximate surface area is 108 Å². The van der Waals surface area contributed by atoms with Crippen LogP contribution in [0.2, 0.25) is 5.15 Å². The Kier molecular flexibility index (Phi) is 4.60. The van der Waals surface area contributed by atoms with Gasteiger partial charge in [0.1, 0.15) is 5.15 Å². The molecule has 4 heteroatoms.